The Hall–Kier alpha value is -0.610. The molecule has 3 unspecified atom stereocenters. The Morgan fingerprint density at radius 3 is 2.59 bits per heavy atom. The maximum atomic E-state index is 12.1. The van der Waals surface area contributed by atoms with E-state index in [4.69, 9.17) is 5.73 Å². The molecule has 1 saturated heterocycles. The molecule has 17 heavy (non-hydrogen) atoms. The summed E-state index contributed by atoms with van der Waals surface area (Å²) in [5, 5.41) is 9.83. The van der Waals surface area contributed by atoms with Crippen LogP contribution in [-0.2, 0) is 4.79 Å². The average Bonchev–Trinajstić information content (AvgIpc) is 2.57. The van der Waals surface area contributed by atoms with Crippen molar-refractivity contribution in [3.8, 4) is 0 Å². The van der Waals surface area contributed by atoms with E-state index in [2.05, 4.69) is 0 Å². The molecule has 1 fully saturated rings. The number of hydrogen-bond acceptors (Lipinski definition) is 3. The number of rotatable bonds is 5. The third-order valence-electron chi connectivity index (χ3n) is 3.48. The summed E-state index contributed by atoms with van der Waals surface area (Å²) in [6.07, 6.45) is 3.54. The van der Waals surface area contributed by atoms with Crippen molar-refractivity contribution in [2.75, 3.05) is 13.1 Å². The maximum absolute atomic E-state index is 12.1. The molecule has 1 aliphatic heterocycles. The smallest absolute Gasteiger partial charge is 0.225 e. The van der Waals surface area contributed by atoms with Gasteiger partial charge in [-0.25, -0.2) is 0 Å². The summed E-state index contributed by atoms with van der Waals surface area (Å²) in [5.41, 5.74) is 4.99. The predicted molar refractivity (Wildman–Crippen MR) is 68.5 cm³/mol. The second kappa shape index (κ2) is 5.83. The van der Waals surface area contributed by atoms with Crippen molar-refractivity contribution in [1.29, 1.82) is 0 Å². The summed E-state index contributed by atoms with van der Waals surface area (Å²) in [5.74, 6) is 0.218. The van der Waals surface area contributed by atoms with Crippen LogP contribution in [0.2, 0.25) is 0 Å². The average molecular weight is 242 g/mol. The number of amides is 1. The van der Waals surface area contributed by atoms with Crippen LogP contribution in [-0.4, -0.2) is 40.6 Å². The summed E-state index contributed by atoms with van der Waals surface area (Å²) in [7, 11) is 0. The molecule has 0 aliphatic carbocycles. The molecule has 100 valence electrons. The van der Waals surface area contributed by atoms with Crippen LogP contribution in [0, 0.1) is 5.92 Å². The molecule has 0 bridgehead atoms. The molecule has 3 atom stereocenters. The molecule has 1 rings (SSSR count). The molecule has 0 radical (unpaired) electrons. The fourth-order valence-corrected chi connectivity index (χ4v) is 2.31. The Bertz CT molecular complexity index is 264. The molecule has 0 saturated carbocycles. The zero-order valence-corrected chi connectivity index (χ0v) is 11.3. The zero-order valence-electron chi connectivity index (χ0n) is 11.3. The number of β-amino-alcohol motifs (C(OH)–C–C–N with tert-alkyl or cyclic N) is 1. The van der Waals surface area contributed by atoms with Gasteiger partial charge in [0.05, 0.1) is 5.60 Å². The van der Waals surface area contributed by atoms with Crippen molar-refractivity contribution < 1.29 is 9.90 Å². The fourth-order valence-electron chi connectivity index (χ4n) is 2.31. The second-order valence-electron chi connectivity index (χ2n) is 5.82. The van der Waals surface area contributed by atoms with Crippen LogP contribution in [0.1, 0.15) is 46.5 Å². The highest BCUT2D eigenvalue weighted by molar-refractivity contribution is 5.78. The Morgan fingerprint density at radius 2 is 2.12 bits per heavy atom. The minimum atomic E-state index is -0.693. The van der Waals surface area contributed by atoms with Gasteiger partial charge in [0.25, 0.3) is 0 Å². The number of carbonyl (C=O) groups excluding carboxylic acids is 1. The number of hydrogen-bond donors (Lipinski definition) is 2. The van der Waals surface area contributed by atoms with Crippen molar-refractivity contribution in [3.63, 3.8) is 0 Å². The molecule has 3 N–H and O–H groups in total. The molecular formula is C13H26N2O2. The lowest BCUT2D eigenvalue weighted by molar-refractivity contribution is -0.135. The third-order valence-corrected chi connectivity index (χ3v) is 3.48. The SMILES string of the molecule is CC(N)CCCC(C)C(=O)N1CCC(C)(O)C1. The third kappa shape index (κ3) is 4.64. The van der Waals surface area contributed by atoms with E-state index in [9.17, 15) is 9.90 Å². The van der Waals surface area contributed by atoms with Crippen molar-refractivity contribution in [3.05, 3.63) is 0 Å². The van der Waals surface area contributed by atoms with Gasteiger partial charge in [0.1, 0.15) is 0 Å². The Kier molecular flexibility index (Phi) is 4.95. The van der Waals surface area contributed by atoms with Gasteiger partial charge in [-0.2, -0.15) is 0 Å². The van der Waals surface area contributed by atoms with E-state index in [0.717, 1.165) is 19.3 Å². The highest BCUT2D eigenvalue weighted by atomic mass is 16.3. The van der Waals surface area contributed by atoms with Gasteiger partial charge in [-0.3, -0.25) is 4.79 Å². The molecule has 1 aliphatic rings. The number of aliphatic hydroxyl groups is 1. The van der Waals surface area contributed by atoms with Crippen molar-refractivity contribution >= 4 is 5.91 Å². The first-order valence-corrected chi connectivity index (χ1v) is 6.58. The van der Waals surface area contributed by atoms with E-state index in [-0.39, 0.29) is 17.9 Å². The molecular weight excluding hydrogens is 216 g/mol. The first-order valence-electron chi connectivity index (χ1n) is 6.58. The van der Waals surface area contributed by atoms with Gasteiger partial charge in [0, 0.05) is 25.0 Å². The Labute approximate surface area is 104 Å². The lowest BCUT2D eigenvalue weighted by Crippen LogP contribution is -2.36. The number of carbonyl (C=O) groups is 1. The van der Waals surface area contributed by atoms with Crippen LogP contribution >= 0.6 is 0 Å². The van der Waals surface area contributed by atoms with Crippen LogP contribution in [0.25, 0.3) is 0 Å². The van der Waals surface area contributed by atoms with E-state index in [0.29, 0.717) is 19.5 Å². The summed E-state index contributed by atoms with van der Waals surface area (Å²) < 4.78 is 0. The van der Waals surface area contributed by atoms with Crippen LogP contribution in [0.15, 0.2) is 0 Å². The maximum Gasteiger partial charge on any atom is 0.225 e. The van der Waals surface area contributed by atoms with Gasteiger partial charge in [-0.15, -0.1) is 0 Å². The fraction of sp³-hybridized carbons (Fsp3) is 0.923. The van der Waals surface area contributed by atoms with Gasteiger partial charge < -0.3 is 15.7 Å². The molecule has 0 spiro atoms. The van der Waals surface area contributed by atoms with E-state index in [1.165, 1.54) is 0 Å². The normalized spacial score (nSPS) is 28.2. The molecule has 1 amide bonds. The molecule has 0 aromatic carbocycles. The van der Waals surface area contributed by atoms with Gasteiger partial charge >= 0.3 is 0 Å². The van der Waals surface area contributed by atoms with E-state index < -0.39 is 5.60 Å². The van der Waals surface area contributed by atoms with Crippen LogP contribution in [0.3, 0.4) is 0 Å². The van der Waals surface area contributed by atoms with E-state index >= 15 is 0 Å². The predicted octanol–water partition coefficient (Wildman–Crippen LogP) is 1.12. The quantitative estimate of drug-likeness (QED) is 0.759. The lowest BCUT2D eigenvalue weighted by Gasteiger charge is -2.22. The van der Waals surface area contributed by atoms with Gasteiger partial charge in [-0.1, -0.05) is 13.3 Å². The number of nitrogens with two attached hydrogens (primary N) is 1. The van der Waals surface area contributed by atoms with E-state index in [1.807, 2.05) is 13.8 Å². The second-order valence-corrected chi connectivity index (χ2v) is 5.82. The molecule has 4 nitrogen and oxygen atoms in total. The molecule has 1 heterocycles. The van der Waals surface area contributed by atoms with Crippen molar-refractivity contribution in [2.45, 2.75) is 58.1 Å². The Balaban J connectivity index is 2.32. The van der Waals surface area contributed by atoms with Gasteiger partial charge in [-0.05, 0) is 33.1 Å². The monoisotopic (exact) mass is 242 g/mol. The van der Waals surface area contributed by atoms with Gasteiger partial charge in [0.15, 0.2) is 0 Å². The van der Waals surface area contributed by atoms with Crippen molar-refractivity contribution in [2.24, 2.45) is 11.7 Å². The van der Waals surface area contributed by atoms with Crippen LogP contribution in [0.5, 0.6) is 0 Å². The summed E-state index contributed by atoms with van der Waals surface area (Å²) in [4.78, 5) is 13.9. The highest BCUT2D eigenvalue weighted by Gasteiger charge is 2.35. The standard InChI is InChI=1S/C13H26N2O2/c1-10(5-4-6-11(2)14)12(16)15-8-7-13(3,17)9-15/h10-11,17H,4-9,14H2,1-3H3. The van der Waals surface area contributed by atoms with E-state index in [1.54, 1.807) is 11.8 Å². The zero-order chi connectivity index (χ0) is 13.1. The minimum Gasteiger partial charge on any atom is -0.388 e. The molecule has 0 aromatic rings. The topological polar surface area (TPSA) is 66.6 Å². The highest BCUT2D eigenvalue weighted by Crippen LogP contribution is 2.23. The molecule has 0 aromatic heterocycles. The summed E-state index contributed by atoms with van der Waals surface area (Å²) in [6, 6.07) is 0.213. The van der Waals surface area contributed by atoms with Crippen LogP contribution in [0.4, 0.5) is 0 Å². The van der Waals surface area contributed by atoms with Crippen LogP contribution < -0.4 is 5.73 Å². The minimum absolute atomic E-state index is 0.0441. The summed E-state index contributed by atoms with van der Waals surface area (Å²) in [6.45, 7) is 6.91. The van der Waals surface area contributed by atoms with Gasteiger partial charge in [0.2, 0.25) is 5.91 Å². The summed E-state index contributed by atoms with van der Waals surface area (Å²) >= 11 is 0. The number of likely N-dealkylation sites (tertiary alicyclic amines) is 1. The Morgan fingerprint density at radius 1 is 1.47 bits per heavy atom. The first kappa shape index (κ1) is 14.5. The van der Waals surface area contributed by atoms with Crippen molar-refractivity contribution in [1.82, 2.24) is 4.90 Å². The molecule has 4 heteroatoms. The first-order chi connectivity index (χ1) is 7.82. The number of nitrogens with zero attached hydrogens (tertiary/aromatic N) is 1. The lowest BCUT2D eigenvalue weighted by atomic mass is 10.0. The largest absolute Gasteiger partial charge is 0.388 e.